The van der Waals surface area contributed by atoms with E-state index in [0.29, 0.717) is 11.1 Å². The minimum atomic E-state index is -0.164. The number of rotatable bonds is 5. The van der Waals surface area contributed by atoms with E-state index in [-0.39, 0.29) is 5.82 Å². The van der Waals surface area contributed by atoms with Gasteiger partial charge < -0.3 is 14.5 Å². The number of likely N-dealkylation sites (tertiary alicyclic amines) is 1. The van der Waals surface area contributed by atoms with Crippen molar-refractivity contribution in [1.29, 1.82) is 0 Å². The minimum absolute atomic E-state index is 0.164. The summed E-state index contributed by atoms with van der Waals surface area (Å²) in [7, 11) is 1.67. The maximum Gasteiger partial charge on any atom is 0.139 e. The van der Waals surface area contributed by atoms with Crippen LogP contribution in [0, 0.1) is 5.82 Å². The van der Waals surface area contributed by atoms with Gasteiger partial charge >= 0.3 is 0 Å². The first kappa shape index (κ1) is 18.6. The highest BCUT2D eigenvalue weighted by Crippen LogP contribution is 2.39. The molecular formula is C22H26ClFN2O. The van der Waals surface area contributed by atoms with E-state index in [1.165, 1.54) is 29.7 Å². The molecule has 1 fully saturated rings. The third kappa shape index (κ3) is 4.07. The summed E-state index contributed by atoms with van der Waals surface area (Å²) < 4.78 is 18.4. The second kappa shape index (κ2) is 8.07. The van der Waals surface area contributed by atoms with Gasteiger partial charge in [-0.1, -0.05) is 23.7 Å². The van der Waals surface area contributed by atoms with Gasteiger partial charge in [-0.05, 0) is 55.0 Å². The minimum Gasteiger partial charge on any atom is -0.495 e. The second-order valence-corrected chi connectivity index (χ2v) is 7.92. The smallest absolute Gasteiger partial charge is 0.139 e. The molecule has 2 aromatic carbocycles. The fourth-order valence-electron chi connectivity index (χ4n) is 4.34. The molecule has 0 aromatic heterocycles. The molecule has 2 aliphatic rings. The normalized spacial score (nSPS) is 18.0. The molecule has 0 radical (unpaired) electrons. The van der Waals surface area contributed by atoms with Crippen molar-refractivity contribution >= 4 is 17.3 Å². The van der Waals surface area contributed by atoms with Gasteiger partial charge in [-0.15, -0.1) is 0 Å². The average molecular weight is 389 g/mol. The molecule has 2 heterocycles. The number of anilines is 1. The molecule has 3 nitrogen and oxygen atoms in total. The molecule has 0 bridgehead atoms. The summed E-state index contributed by atoms with van der Waals surface area (Å²) in [6.07, 6.45) is 4.39. The number of fused-ring (bicyclic) bond motifs is 1. The summed E-state index contributed by atoms with van der Waals surface area (Å²) in [5.74, 6) is 0.599. The van der Waals surface area contributed by atoms with Crippen LogP contribution in [0.1, 0.15) is 24.0 Å². The van der Waals surface area contributed by atoms with Crippen molar-refractivity contribution in [2.75, 3.05) is 38.2 Å². The van der Waals surface area contributed by atoms with Crippen LogP contribution in [-0.4, -0.2) is 44.2 Å². The topological polar surface area (TPSA) is 15.7 Å². The molecule has 0 N–H and O–H groups in total. The Hall–Kier alpha value is -1.78. The first-order valence-electron chi connectivity index (χ1n) is 9.74. The lowest BCUT2D eigenvalue weighted by Crippen LogP contribution is -2.45. The Kier molecular flexibility index (Phi) is 5.55. The molecule has 0 unspecified atom stereocenters. The standard InChI is InChI=1S/C22H26ClFN2O/c1-27-22-15-21-17(14-20(22)23)7-13-26(21)19-8-11-25(12-9-19)10-6-16-2-4-18(24)5-3-16/h2-5,14-15,19H,6-13H2,1H3. The summed E-state index contributed by atoms with van der Waals surface area (Å²) in [6.45, 7) is 4.34. The lowest BCUT2D eigenvalue weighted by atomic mass is 10.0. The summed E-state index contributed by atoms with van der Waals surface area (Å²) in [6, 6.07) is 11.6. The van der Waals surface area contributed by atoms with E-state index in [1.54, 1.807) is 19.2 Å². The first-order chi connectivity index (χ1) is 13.1. The molecule has 144 valence electrons. The van der Waals surface area contributed by atoms with E-state index in [4.69, 9.17) is 16.3 Å². The highest BCUT2D eigenvalue weighted by atomic mass is 35.5. The largest absolute Gasteiger partial charge is 0.495 e. The van der Waals surface area contributed by atoms with Crippen molar-refractivity contribution in [2.24, 2.45) is 0 Å². The zero-order valence-corrected chi connectivity index (χ0v) is 16.5. The van der Waals surface area contributed by atoms with E-state index in [2.05, 4.69) is 21.9 Å². The summed E-state index contributed by atoms with van der Waals surface area (Å²) >= 11 is 6.28. The highest BCUT2D eigenvalue weighted by molar-refractivity contribution is 6.32. The van der Waals surface area contributed by atoms with Gasteiger partial charge in [-0.3, -0.25) is 0 Å². The summed E-state index contributed by atoms with van der Waals surface area (Å²) in [5, 5.41) is 0.703. The third-order valence-corrected chi connectivity index (χ3v) is 6.21. The van der Waals surface area contributed by atoms with Crippen molar-refractivity contribution in [3.05, 3.63) is 58.4 Å². The predicted octanol–water partition coefficient (Wildman–Crippen LogP) is 4.56. The van der Waals surface area contributed by atoms with E-state index in [1.807, 2.05) is 12.1 Å². The number of benzene rings is 2. The Bertz CT molecular complexity index is 788. The fourth-order valence-corrected chi connectivity index (χ4v) is 4.60. The van der Waals surface area contributed by atoms with Crippen LogP contribution in [0.15, 0.2) is 36.4 Å². The van der Waals surface area contributed by atoms with Gasteiger partial charge in [0, 0.05) is 44.0 Å². The number of nitrogens with zero attached hydrogens (tertiary/aromatic N) is 2. The first-order valence-corrected chi connectivity index (χ1v) is 10.1. The molecule has 0 amide bonds. The number of halogens is 2. The molecule has 2 aliphatic heterocycles. The SMILES string of the molecule is COc1cc2c(cc1Cl)CCN2C1CCN(CCc2ccc(F)cc2)CC1. The quantitative estimate of drug-likeness (QED) is 0.746. The number of hydrogen-bond donors (Lipinski definition) is 0. The molecule has 0 aliphatic carbocycles. The van der Waals surface area contributed by atoms with Crippen LogP contribution < -0.4 is 9.64 Å². The molecule has 0 saturated carbocycles. The number of piperidine rings is 1. The van der Waals surface area contributed by atoms with Gasteiger partial charge in [0.05, 0.1) is 12.1 Å². The molecule has 4 rings (SSSR count). The van der Waals surface area contributed by atoms with Crippen molar-refractivity contribution < 1.29 is 9.13 Å². The van der Waals surface area contributed by atoms with Crippen molar-refractivity contribution in [3.8, 4) is 5.75 Å². The lowest BCUT2D eigenvalue weighted by Gasteiger charge is -2.38. The van der Waals surface area contributed by atoms with E-state index in [9.17, 15) is 4.39 Å². The lowest BCUT2D eigenvalue weighted by molar-refractivity contribution is 0.212. The Morgan fingerprint density at radius 1 is 1.11 bits per heavy atom. The number of hydrogen-bond acceptors (Lipinski definition) is 3. The molecule has 0 spiro atoms. The zero-order chi connectivity index (χ0) is 18.8. The molecular weight excluding hydrogens is 363 g/mol. The summed E-state index contributed by atoms with van der Waals surface area (Å²) in [5.41, 5.74) is 3.83. The van der Waals surface area contributed by atoms with Crippen molar-refractivity contribution in [3.63, 3.8) is 0 Å². The highest BCUT2D eigenvalue weighted by Gasteiger charge is 2.30. The van der Waals surface area contributed by atoms with Gasteiger partial charge in [0.25, 0.3) is 0 Å². The Morgan fingerprint density at radius 3 is 2.56 bits per heavy atom. The fraction of sp³-hybridized carbons (Fsp3) is 0.455. The van der Waals surface area contributed by atoms with Gasteiger partial charge in [0.15, 0.2) is 0 Å². The van der Waals surface area contributed by atoms with Crippen LogP contribution in [0.2, 0.25) is 5.02 Å². The predicted molar refractivity (Wildman–Crippen MR) is 109 cm³/mol. The number of ether oxygens (including phenoxy) is 1. The molecule has 0 atom stereocenters. The van der Waals surface area contributed by atoms with Crippen LogP contribution in [0.4, 0.5) is 10.1 Å². The van der Waals surface area contributed by atoms with Gasteiger partial charge in [-0.2, -0.15) is 0 Å². The number of methoxy groups -OCH3 is 1. The molecule has 27 heavy (non-hydrogen) atoms. The van der Waals surface area contributed by atoms with Crippen LogP contribution in [0.5, 0.6) is 5.75 Å². The summed E-state index contributed by atoms with van der Waals surface area (Å²) in [4.78, 5) is 5.07. The van der Waals surface area contributed by atoms with E-state index < -0.39 is 0 Å². The Balaban J connectivity index is 1.33. The maximum absolute atomic E-state index is 13.0. The van der Waals surface area contributed by atoms with Crippen LogP contribution >= 0.6 is 11.6 Å². The molecule has 1 saturated heterocycles. The van der Waals surface area contributed by atoms with Crippen LogP contribution in [-0.2, 0) is 12.8 Å². The van der Waals surface area contributed by atoms with Gasteiger partial charge in [-0.25, -0.2) is 4.39 Å². The maximum atomic E-state index is 13.0. The second-order valence-electron chi connectivity index (χ2n) is 7.51. The Labute approximate surface area is 165 Å². The van der Waals surface area contributed by atoms with Gasteiger partial charge in [0.2, 0.25) is 0 Å². The van der Waals surface area contributed by atoms with Crippen molar-refractivity contribution in [2.45, 2.75) is 31.7 Å². The van der Waals surface area contributed by atoms with Crippen molar-refractivity contribution in [1.82, 2.24) is 4.90 Å². The van der Waals surface area contributed by atoms with Crippen LogP contribution in [0.3, 0.4) is 0 Å². The molecule has 5 heteroatoms. The monoisotopic (exact) mass is 388 g/mol. The Morgan fingerprint density at radius 2 is 1.85 bits per heavy atom. The molecule has 2 aromatic rings. The van der Waals surface area contributed by atoms with E-state index in [0.717, 1.165) is 44.8 Å². The van der Waals surface area contributed by atoms with E-state index >= 15 is 0 Å². The average Bonchev–Trinajstić information content (AvgIpc) is 3.10. The third-order valence-electron chi connectivity index (χ3n) is 5.91. The zero-order valence-electron chi connectivity index (χ0n) is 15.8. The van der Waals surface area contributed by atoms with Gasteiger partial charge in [0.1, 0.15) is 11.6 Å². The van der Waals surface area contributed by atoms with Crippen LogP contribution in [0.25, 0.3) is 0 Å².